The highest BCUT2D eigenvalue weighted by Gasteiger charge is 2.05. The van der Waals surface area contributed by atoms with Crippen LogP contribution in [0.3, 0.4) is 0 Å². The maximum atomic E-state index is 12.0. The summed E-state index contributed by atoms with van der Waals surface area (Å²) < 4.78 is 0. The Labute approximate surface area is 149 Å². The highest BCUT2D eigenvalue weighted by atomic mass is 16.1. The van der Waals surface area contributed by atoms with Gasteiger partial charge in [0.1, 0.15) is 0 Å². The van der Waals surface area contributed by atoms with E-state index in [1.54, 1.807) is 0 Å². The number of carbonyl (C=O) groups is 1. The molecule has 1 aromatic carbocycles. The molecule has 2 nitrogen and oxygen atoms in total. The zero-order valence-corrected chi connectivity index (χ0v) is 16.1. The fourth-order valence-electron chi connectivity index (χ4n) is 2.95. The normalized spacial score (nSPS) is 12.1. The van der Waals surface area contributed by atoms with Gasteiger partial charge in [0.25, 0.3) is 0 Å². The van der Waals surface area contributed by atoms with Crippen LogP contribution in [0.5, 0.6) is 0 Å². The molecule has 2 heteroatoms. The van der Waals surface area contributed by atoms with Gasteiger partial charge in [-0.1, -0.05) is 84.3 Å². The number of hydrogen-bond acceptors (Lipinski definition) is 1. The highest BCUT2D eigenvalue weighted by molar-refractivity contribution is 5.90. The van der Waals surface area contributed by atoms with Crippen LogP contribution in [0.15, 0.2) is 24.3 Å². The molecule has 1 rings (SSSR count). The van der Waals surface area contributed by atoms with Crippen LogP contribution in [-0.2, 0) is 4.79 Å². The molecule has 0 heterocycles. The Morgan fingerprint density at radius 2 is 1.42 bits per heavy atom. The summed E-state index contributed by atoms with van der Waals surface area (Å²) in [6.07, 6.45) is 13.4. The van der Waals surface area contributed by atoms with Crippen LogP contribution in [0.4, 0.5) is 5.69 Å². The summed E-state index contributed by atoms with van der Waals surface area (Å²) in [6.45, 7) is 6.69. The predicted octanol–water partition coefficient (Wildman–Crippen LogP) is 7.06. The third-order valence-corrected chi connectivity index (χ3v) is 4.88. The Morgan fingerprint density at radius 3 is 1.96 bits per heavy atom. The molecule has 0 radical (unpaired) electrons. The van der Waals surface area contributed by atoms with Crippen molar-refractivity contribution in [3.05, 3.63) is 29.8 Å². The van der Waals surface area contributed by atoms with Crippen LogP contribution in [0.2, 0.25) is 0 Å². The van der Waals surface area contributed by atoms with Crippen LogP contribution >= 0.6 is 0 Å². The first-order valence-electron chi connectivity index (χ1n) is 10.1. The number of rotatable bonds is 13. The molecule has 1 unspecified atom stereocenters. The third-order valence-electron chi connectivity index (χ3n) is 4.88. The molecule has 0 bridgehead atoms. The molecule has 0 aromatic heterocycles. The summed E-state index contributed by atoms with van der Waals surface area (Å²) in [7, 11) is 0. The van der Waals surface area contributed by atoms with Crippen LogP contribution < -0.4 is 5.32 Å². The lowest BCUT2D eigenvalue weighted by molar-refractivity contribution is -0.116. The maximum Gasteiger partial charge on any atom is 0.224 e. The molecular weight excluding hydrogens is 294 g/mol. The van der Waals surface area contributed by atoms with Crippen LogP contribution in [-0.4, -0.2) is 5.91 Å². The second-order valence-corrected chi connectivity index (χ2v) is 7.06. The van der Waals surface area contributed by atoms with Crippen molar-refractivity contribution < 1.29 is 4.79 Å². The Morgan fingerprint density at radius 1 is 0.875 bits per heavy atom. The molecule has 0 saturated carbocycles. The summed E-state index contributed by atoms with van der Waals surface area (Å²) in [5, 5.41) is 3.01. The van der Waals surface area contributed by atoms with Crippen molar-refractivity contribution >= 4 is 11.6 Å². The first-order valence-corrected chi connectivity index (χ1v) is 10.1. The van der Waals surface area contributed by atoms with Crippen molar-refractivity contribution in [2.24, 2.45) is 0 Å². The van der Waals surface area contributed by atoms with Gasteiger partial charge < -0.3 is 5.32 Å². The second-order valence-electron chi connectivity index (χ2n) is 7.06. The summed E-state index contributed by atoms with van der Waals surface area (Å²) in [5.41, 5.74) is 2.26. The van der Waals surface area contributed by atoms with E-state index in [-0.39, 0.29) is 5.91 Å². The molecule has 0 fully saturated rings. The first-order chi connectivity index (χ1) is 11.7. The number of anilines is 1. The van der Waals surface area contributed by atoms with Crippen LogP contribution in [0, 0.1) is 0 Å². The van der Waals surface area contributed by atoms with E-state index in [2.05, 4.69) is 38.2 Å². The number of hydrogen-bond donors (Lipinski definition) is 1. The van der Waals surface area contributed by atoms with Crippen molar-refractivity contribution in [1.82, 2.24) is 0 Å². The second kappa shape index (κ2) is 13.0. The molecule has 1 atom stereocenters. The van der Waals surface area contributed by atoms with Crippen molar-refractivity contribution in [2.45, 2.75) is 97.3 Å². The van der Waals surface area contributed by atoms with Crippen molar-refractivity contribution in [2.75, 3.05) is 5.32 Å². The molecule has 1 aromatic rings. The maximum absolute atomic E-state index is 12.0. The summed E-state index contributed by atoms with van der Waals surface area (Å²) in [5.74, 6) is 0.728. The topological polar surface area (TPSA) is 29.1 Å². The number of benzene rings is 1. The first kappa shape index (κ1) is 20.7. The van der Waals surface area contributed by atoms with E-state index in [0.29, 0.717) is 12.3 Å². The Kier molecular flexibility index (Phi) is 11.3. The van der Waals surface area contributed by atoms with Crippen LogP contribution in [0.1, 0.15) is 103 Å². The molecule has 24 heavy (non-hydrogen) atoms. The monoisotopic (exact) mass is 331 g/mol. The Balaban J connectivity index is 2.09. The smallest absolute Gasteiger partial charge is 0.224 e. The van der Waals surface area contributed by atoms with Gasteiger partial charge in [-0.2, -0.15) is 0 Å². The molecule has 0 aliphatic heterocycles. The molecule has 0 aliphatic rings. The fourth-order valence-corrected chi connectivity index (χ4v) is 2.95. The van der Waals surface area contributed by atoms with Gasteiger partial charge in [-0.3, -0.25) is 4.79 Å². The molecule has 0 spiro atoms. The van der Waals surface area contributed by atoms with Crippen molar-refractivity contribution in [3.63, 3.8) is 0 Å². The minimum Gasteiger partial charge on any atom is -0.326 e. The van der Waals surface area contributed by atoms with Gasteiger partial charge in [-0.25, -0.2) is 0 Å². The standard InChI is InChI=1S/C22H37NO/c1-4-6-7-8-9-10-11-12-13-14-22(24)23-21-17-15-20(16-18-21)19(3)5-2/h15-19H,4-14H2,1-3H3,(H,23,24). The quantitative estimate of drug-likeness (QED) is 0.385. The molecule has 136 valence electrons. The van der Waals surface area contributed by atoms with E-state index in [4.69, 9.17) is 0 Å². The Bertz CT molecular complexity index is 438. The van der Waals surface area contributed by atoms with E-state index < -0.39 is 0 Å². The van der Waals surface area contributed by atoms with Gasteiger partial charge in [0.2, 0.25) is 5.91 Å². The molecule has 0 aliphatic carbocycles. The lowest BCUT2D eigenvalue weighted by atomic mass is 9.98. The van der Waals surface area contributed by atoms with E-state index in [0.717, 1.165) is 18.5 Å². The number of amides is 1. The zero-order valence-electron chi connectivity index (χ0n) is 16.1. The number of unbranched alkanes of at least 4 members (excludes halogenated alkanes) is 8. The predicted molar refractivity (Wildman–Crippen MR) is 106 cm³/mol. The lowest BCUT2D eigenvalue weighted by Crippen LogP contribution is -2.11. The fraction of sp³-hybridized carbons (Fsp3) is 0.682. The van der Waals surface area contributed by atoms with E-state index in [9.17, 15) is 4.79 Å². The Hall–Kier alpha value is -1.31. The van der Waals surface area contributed by atoms with Gasteiger partial charge in [-0.05, 0) is 36.5 Å². The molecule has 1 N–H and O–H groups in total. The highest BCUT2D eigenvalue weighted by Crippen LogP contribution is 2.20. The van der Waals surface area contributed by atoms with Gasteiger partial charge >= 0.3 is 0 Å². The third kappa shape index (κ3) is 9.10. The van der Waals surface area contributed by atoms with Crippen molar-refractivity contribution in [1.29, 1.82) is 0 Å². The van der Waals surface area contributed by atoms with Gasteiger partial charge in [0.15, 0.2) is 0 Å². The summed E-state index contributed by atoms with van der Waals surface area (Å²) in [6, 6.07) is 8.30. The molecular formula is C22H37NO. The largest absolute Gasteiger partial charge is 0.326 e. The average molecular weight is 332 g/mol. The SMILES string of the molecule is CCCCCCCCCCCC(=O)Nc1ccc(C(C)CC)cc1. The van der Waals surface area contributed by atoms with Gasteiger partial charge in [0, 0.05) is 12.1 Å². The van der Waals surface area contributed by atoms with E-state index >= 15 is 0 Å². The molecule has 0 saturated heterocycles. The zero-order chi connectivity index (χ0) is 17.6. The summed E-state index contributed by atoms with van der Waals surface area (Å²) in [4.78, 5) is 12.0. The number of nitrogens with one attached hydrogen (secondary N) is 1. The van der Waals surface area contributed by atoms with E-state index in [1.807, 2.05) is 12.1 Å². The average Bonchev–Trinajstić information content (AvgIpc) is 2.60. The van der Waals surface area contributed by atoms with Gasteiger partial charge in [-0.15, -0.1) is 0 Å². The lowest BCUT2D eigenvalue weighted by Gasteiger charge is -2.10. The summed E-state index contributed by atoms with van der Waals surface area (Å²) >= 11 is 0. The van der Waals surface area contributed by atoms with Gasteiger partial charge in [0.05, 0.1) is 0 Å². The van der Waals surface area contributed by atoms with E-state index in [1.165, 1.54) is 56.9 Å². The molecule has 1 amide bonds. The minimum atomic E-state index is 0.147. The number of carbonyl (C=O) groups excluding carboxylic acids is 1. The van der Waals surface area contributed by atoms with Crippen LogP contribution in [0.25, 0.3) is 0 Å². The minimum absolute atomic E-state index is 0.147. The van der Waals surface area contributed by atoms with Crippen molar-refractivity contribution in [3.8, 4) is 0 Å².